The Balaban J connectivity index is 1.72. The van der Waals surface area contributed by atoms with E-state index in [2.05, 4.69) is 15.3 Å². The van der Waals surface area contributed by atoms with Crippen LogP contribution in [0, 0.1) is 30.1 Å². The molecule has 1 saturated carbocycles. The topological polar surface area (TPSA) is 87.6 Å². The summed E-state index contributed by atoms with van der Waals surface area (Å²) in [7, 11) is 0. The van der Waals surface area contributed by atoms with Crippen molar-refractivity contribution in [3.05, 3.63) is 48.4 Å². The number of alkyl halides is 3. The van der Waals surface area contributed by atoms with E-state index in [1.165, 1.54) is 6.20 Å². The lowest BCUT2D eigenvalue weighted by Gasteiger charge is -2.22. The zero-order valence-corrected chi connectivity index (χ0v) is 15.5. The number of rotatable bonds is 4. The number of benzene rings is 1. The number of pyridine rings is 2. The number of nitrogens with one attached hydrogen (secondary N) is 1. The molecule has 4 rings (SSSR count). The van der Waals surface area contributed by atoms with Crippen LogP contribution in [0.25, 0.3) is 21.9 Å². The zero-order chi connectivity index (χ0) is 20.8. The first-order valence-corrected chi connectivity index (χ1v) is 9.11. The summed E-state index contributed by atoms with van der Waals surface area (Å²) < 4.78 is 40.5. The van der Waals surface area contributed by atoms with Gasteiger partial charge in [0.05, 0.1) is 12.0 Å². The van der Waals surface area contributed by atoms with Gasteiger partial charge in [-0.1, -0.05) is 0 Å². The maximum Gasteiger partial charge on any atom is 0.408 e. The molecule has 5 nitrogen and oxygen atoms in total. The molecule has 8 heteroatoms. The van der Waals surface area contributed by atoms with Crippen molar-refractivity contribution in [3.63, 3.8) is 0 Å². The van der Waals surface area contributed by atoms with Crippen LogP contribution in [0.15, 0.2) is 42.9 Å². The second-order valence-corrected chi connectivity index (χ2v) is 7.35. The van der Waals surface area contributed by atoms with Crippen molar-refractivity contribution in [1.82, 2.24) is 9.97 Å². The van der Waals surface area contributed by atoms with Gasteiger partial charge in [-0.3, -0.25) is 4.98 Å². The summed E-state index contributed by atoms with van der Waals surface area (Å²) >= 11 is 0. The van der Waals surface area contributed by atoms with E-state index in [-0.39, 0.29) is 12.2 Å². The molecule has 29 heavy (non-hydrogen) atoms. The quantitative estimate of drug-likeness (QED) is 0.624. The van der Waals surface area contributed by atoms with E-state index in [1.807, 2.05) is 25.1 Å². The molecule has 1 aromatic carbocycles. The molecule has 1 fully saturated rings. The second-order valence-electron chi connectivity index (χ2n) is 7.35. The van der Waals surface area contributed by atoms with Gasteiger partial charge in [0.25, 0.3) is 0 Å². The predicted octanol–water partition coefficient (Wildman–Crippen LogP) is 4.69. The maximum atomic E-state index is 13.5. The summed E-state index contributed by atoms with van der Waals surface area (Å²) in [6.07, 6.45) is 0.651. The van der Waals surface area contributed by atoms with Gasteiger partial charge in [0.1, 0.15) is 11.9 Å². The van der Waals surface area contributed by atoms with E-state index in [1.54, 1.807) is 24.5 Å². The third kappa shape index (κ3) is 3.68. The molecule has 2 aromatic heterocycles. The summed E-state index contributed by atoms with van der Waals surface area (Å²) in [4.78, 5) is 8.26. The van der Waals surface area contributed by atoms with Crippen molar-refractivity contribution < 1.29 is 13.2 Å². The zero-order valence-electron chi connectivity index (χ0n) is 15.5. The Kier molecular flexibility index (Phi) is 4.53. The number of aryl methyl sites for hydroxylation is 1. The highest BCUT2D eigenvalue weighted by molar-refractivity contribution is 5.97. The molecule has 3 unspecified atom stereocenters. The van der Waals surface area contributed by atoms with Gasteiger partial charge >= 0.3 is 6.18 Å². The first-order chi connectivity index (χ1) is 13.8. The van der Waals surface area contributed by atoms with E-state index >= 15 is 0 Å². The molecule has 3 atom stereocenters. The molecule has 0 amide bonds. The smallest absolute Gasteiger partial charge is 0.398 e. The lowest BCUT2D eigenvalue weighted by atomic mass is 9.99. The van der Waals surface area contributed by atoms with Gasteiger partial charge in [-0.2, -0.15) is 18.4 Å². The van der Waals surface area contributed by atoms with Crippen molar-refractivity contribution in [2.45, 2.75) is 25.6 Å². The molecule has 3 N–H and O–H groups in total. The van der Waals surface area contributed by atoms with Gasteiger partial charge in [-0.25, -0.2) is 4.98 Å². The van der Waals surface area contributed by atoms with Crippen LogP contribution in [0.4, 0.5) is 24.7 Å². The summed E-state index contributed by atoms with van der Waals surface area (Å²) in [6.45, 7) is 1.95. The Morgan fingerprint density at radius 2 is 2.07 bits per heavy atom. The van der Waals surface area contributed by atoms with Crippen molar-refractivity contribution in [2.75, 3.05) is 11.1 Å². The highest BCUT2D eigenvalue weighted by Crippen LogP contribution is 2.46. The fourth-order valence-corrected chi connectivity index (χ4v) is 3.61. The Bertz CT molecular complexity index is 1120. The Hall–Kier alpha value is -3.34. The number of nitrogens with two attached hydrogens (primary N) is 1. The van der Waals surface area contributed by atoms with Gasteiger partial charge in [0.15, 0.2) is 0 Å². The number of halogens is 3. The van der Waals surface area contributed by atoms with Crippen molar-refractivity contribution in [3.8, 4) is 17.2 Å². The first kappa shape index (κ1) is 19.0. The van der Waals surface area contributed by atoms with Gasteiger partial charge in [-0.15, -0.1) is 0 Å². The summed E-state index contributed by atoms with van der Waals surface area (Å²) in [5, 5.41) is 12.7. The predicted molar refractivity (Wildman–Crippen MR) is 105 cm³/mol. The second kappa shape index (κ2) is 6.92. The van der Waals surface area contributed by atoms with Crippen LogP contribution in [0.3, 0.4) is 0 Å². The Morgan fingerprint density at radius 3 is 2.72 bits per heavy atom. The molecular formula is C21H18F3N5. The van der Waals surface area contributed by atoms with Gasteiger partial charge in [0, 0.05) is 41.1 Å². The molecule has 0 saturated heterocycles. The third-order valence-electron chi connectivity index (χ3n) is 5.31. The summed E-state index contributed by atoms with van der Waals surface area (Å²) in [5.74, 6) is -1.24. The first-order valence-electron chi connectivity index (χ1n) is 9.11. The highest BCUT2D eigenvalue weighted by atomic mass is 19.4. The average molecular weight is 397 g/mol. The monoisotopic (exact) mass is 397 g/mol. The van der Waals surface area contributed by atoms with Gasteiger partial charge in [0.2, 0.25) is 0 Å². The van der Waals surface area contributed by atoms with Crippen molar-refractivity contribution in [2.24, 2.45) is 11.8 Å². The van der Waals surface area contributed by atoms with Crippen LogP contribution in [-0.2, 0) is 0 Å². The SMILES string of the molecule is Cc1ccncc1-c1cc(N)c2cnc(NC(C3CC3C#N)C(F)(F)F)cc2c1. The molecule has 0 aliphatic heterocycles. The number of fused-ring (bicyclic) bond motifs is 1. The molecular weight excluding hydrogens is 379 g/mol. The van der Waals surface area contributed by atoms with Crippen LogP contribution >= 0.6 is 0 Å². The van der Waals surface area contributed by atoms with Crippen molar-refractivity contribution >= 4 is 22.3 Å². The molecule has 1 aliphatic rings. The van der Waals surface area contributed by atoms with Gasteiger partial charge < -0.3 is 11.1 Å². The summed E-state index contributed by atoms with van der Waals surface area (Å²) in [6, 6.07) is 7.21. The van der Waals surface area contributed by atoms with E-state index < -0.39 is 24.1 Å². The molecule has 148 valence electrons. The molecule has 0 bridgehead atoms. The fraction of sp³-hybridized carbons (Fsp3) is 0.286. The molecule has 3 aromatic rings. The fourth-order valence-electron chi connectivity index (χ4n) is 3.61. The third-order valence-corrected chi connectivity index (χ3v) is 5.31. The lowest BCUT2D eigenvalue weighted by molar-refractivity contribution is -0.147. The average Bonchev–Trinajstić information content (AvgIpc) is 3.44. The van der Waals surface area contributed by atoms with Crippen LogP contribution < -0.4 is 11.1 Å². The van der Waals surface area contributed by atoms with E-state index in [4.69, 9.17) is 11.0 Å². The number of hydrogen-bond acceptors (Lipinski definition) is 5. The number of nitrogens with zero attached hydrogens (tertiary/aromatic N) is 3. The minimum absolute atomic E-state index is 0.0999. The number of anilines is 2. The molecule has 2 heterocycles. The Labute approximate surface area is 165 Å². The summed E-state index contributed by atoms with van der Waals surface area (Å²) in [5.41, 5.74) is 9.39. The normalized spacial score (nSPS) is 19.6. The van der Waals surface area contributed by atoms with Crippen LogP contribution in [0.1, 0.15) is 12.0 Å². The number of hydrogen-bond donors (Lipinski definition) is 2. The van der Waals surface area contributed by atoms with E-state index in [0.717, 1.165) is 16.7 Å². The molecule has 1 aliphatic carbocycles. The van der Waals surface area contributed by atoms with Crippen LogP contribution in [0.5, 0.6) is 0 Å². The minimum Gasteiger partial charge on any atom is -0.398 e. The lowest BCUT2D eigenvalue weighted by Crippen LogP contribution is -2.39. The number of nitriles is 1. The van der Waals surface area contributed by atoms with E-state index in [0.29, 0.717) is 16.5 Å². The van der Waals surface area contributed by atoms with E-state index in [9.17, 15) is 13.2 Å². The minimum atomic E-state index is -4.47. The largest absolute Gasteiger partial charge is 0.408 e. The van der Waals surface area contributed by atoms with Crippen molar-refractivity contribution in [1.29, 1.82) is 5.26 Å². The molecule has 0 radical (unpaired) electrons. The Morgan fingerprint density at radius 1 is 1.28 bits per heavy atom. The standard InChI is InChI=1S/C21H18F3N5/c1-11-2-3-27-9-16(11)12-4-13-7-19(28-10-17(13)18(26)6-12)29-20(21(22,23)24)15-5-14(15)8-25/h2-4,6-7,9-10,14-15,20H,5,26H2,1H3,(H,28,29). The van der Waals surface area contributed by atoms with Crippen LogP contribution in [-0.4, -0.2) is 22.2 Å². The molecule has 0 spiro atoms. The number of aromatic nitrogens is 2. The number of nitrogen functional groups attached to an aromatic ring is 1. The van der Waals surface area contributed by atoms with Gasteiger partial charge in [-0.05, 0) is 54.1 Å². The maximum absolute atomic E-state index is 13.5. The van der Waals surface area contributed by atoms with Crippen LogP contribution in [0.2, 0.25) is 0 Å². The highest BCUT2D eigenvalue weighted by Gasteiger charge is 2.55.